The van der Waals surface area contributed by atoms with Crippen LogP contribution in [0.1, 0.15) is 31.2 Å². The number of benzene rings is 1. The van der Waals surface area contributed by atoms with Gasteiger partial charge in [0.05, 0.1) is 0 Å². The summed E-state index contributed by atoms with van der Waals surface area (Å²) in [7, 11) is 0. The van der Waals surface area contributed by atoms with Gasteiger partial charge in [-0.1, -0.05) is 30.3 Å². The lowest BCUT2D eigenvalue weighted by atomic mass is 10.1. The number of hydrogen-bond acceptors (Lipinski definition) is 3. The van der Waals surface area contributed by atoms with Gasteiger partial charge >= 0.3 is 5.97 Å². The zero-order valence-electron chi connectivity index (χ0n) is 13.6. The molecule has 1 amide bonds. The number of carboxylic acid groups (broad SMARTS) is 1. The summed E-state index contributed by atoms with van der Waals surface area (Å²) >= 11 is 0. The van der Waals surface area contributed by atoms with Gasteiger partial charge in [-0.15, -0.1) is 0 Å². The summed E-state index contributed by atoms with van der Waals surface area (Å²) in [5.74, 6) is -0.497. The average molecular weight is 318 g/mol. The molecule has 0 bridgehead atoms. The number of aliphatic carboxylic acids is 1. The van der Waals surface area contributed by atoms with Gasteiger partial charge in [-0.25, -0.2) is 0 Å². The fourth-order valence-corrected chi connectivity index (χ4v) is 2.92. The highest BCUT2D eigenvalue weighted by Crippen LogP contribution is 2.09. The van der Waals surface area contributed by atoms with E-state index in [1.165, 1.54) is 5.56 Å². The number of nitrogens with zero attached hydrogens (tertiary/aromatic N) is 2. The molecule has 0 atom stereocenters. The highest BCUT2D eigenvalue weighted by atomic mass is 16.4. The summed E-state index contributed by atoms with van der Waals surface area (Å²) in [6, 6.07) is 10.3. The molecule has 0 unspecified atom stereocenters. The second-order valence-electron chi connectivity index (χ2n) is 6.06. The molecule has 5 nitrogen and oxygen atoms in total. The van der Waals surface area contributed by atoms with Crippen molar-refractivity contribution in [2.45, 2.75) is 32.1 Å². The predicted molar refractivity (Wildman–Crippen MR) is 89.3 cm³/mol. The maximum Gasteiger partial charge on any atom is 0.303 e. The summed E-state index contributed by atoms with van der Waals surface area (Å²) in [4.78, 5) is 26.9. The Morgan fingerprint density at radius 2 is 1.65 bits per heavy atom. The van der Waals surface area contributed by atoms with Crippen molar-refractivity contribution in [2.75, 3.05) is 32.7 Å². The van der Waals surface area contributed by atoms with Gasteiger partial charge in [0.1, 0.15) is 0 Å². The number of carbonyl (C=O) groups is 2. The van der Waals surface area contributed by atoms with Gasteiger partial charge in [-0.3, -0.25) is 14.5 Å². The SMILES string of the molecule is O=C(O)CCCN1CCN(C(=O)CCCc2ccccc2)CC1. The first-order chi connectivity index (χ1) is 11.1. The second-order valence-corrected chi connectivity index (χ2v) is 6.06. The van der Waals surface area contributed by atoms with Crippen LogP contribution in [0.15, 0.2) is 30.3 Å². The standard InChI is InChI=1S/C18H26N2O3/c21-17(9-4-8-16-6-2-1-3-7-16)20-14-12-19(13-15-20)11-5-10-18(22)23/h1-3,6-7H,4-5,8-15H2,(H,22,23). The van der Waals surface area contributed by atoms with E-state index in [4.69, 9.17) is 5.11 Å². The van der Waals surface area contributed by atoms with Crippen LogP contribution in [0, 0.1) is 0 Å². The summed E-state index contributed by atoms with van der Waals surface area (Å²) in [6.07, 6.45) is 3.34. The summed E-state index contributed by atoms with van der Waals surface area (Å²) in [5, 5.41) is 8.65. The van der Waals surface area contributed by atoms with E-state index in [9.17, 15) is 9.59 Å². The first kappa shape index (κ1) is 17.5. The van der Waals surface area contributed by atoms with E-state index in [2.05, 4.69) is 17.0 Å². The maximum atomic E-state index is 12.2. The average Bonchev–Trinajstić information content (AvgIpc) is 2.56. The van der Waals surface area contributed by atoms with E-state index in [0.717, 1.165) is 45.6 Å². The quantitative estimate of drug-likeness (QED) is 0.796. The number of carbonyl (C=O) groups excluding carboxylic acids is 1. The number of aryl methyl sites for hydroxylation is 1. The third-order valence-corrected chi connectivity index (χ3v) is 4.29. The molecule has 1 aromatic rings. The third-order valence-electron chi connectivity index (χ3n) is 4.29. The van der Waals surface area contributed by atoms with Crippen LogP contribution in [-0.2, 0) is 16.0 Å². The van der Waals surface area contributed by atoms with E-state index in [0.29, 0.717) is 12.8 Å². The Bertz CT molecular complexity index is 496. The maximum absolute atomic E-state index is 12.2. The van der Waals surface area contributed by atoms with Crippen LogP contribution < -0.4 is 0 Å². The number of hydrogen-bond donors (Lipinski definition) is 1. The molecule has 126 valence electrons. The zero-order valence-corrected chi connectivity index (χ0v) is 13.6. The fourth-order valence-electron chi connectivity index (χ4n) is 2.92. The molecule has 1 saturated heterocycles. The minimum absolute atomic E-state index is 0.221. The zero-order chi connectivity index (χ0) is 16.5. The fraction of sp³-hybridized carbons (Fsp3) is 0.556. The van der Waals surface area contributed by atoms with Gasteiger partial charge < -0.3 is 10.0 Å². The highest BCUT2D eigenvalue weighted by molar-refractivity contribution is 5.76. The molecule has 23 heavy (non-hydrogen) atoms. The molecule has 0 spiro atoms. The molecule has 0 aliphatic carbocycles. The Labute approximate surface area is 137 Å². The minimum atomic E-state index is -0.739. The van der Waals surface area contributed by atoms with Crippen LogP contribution in [0.4, 0.5) is 0 Å². The van der Waals surface area contributed by atoms with Crippen LogP contribution in [0.25, 0.3) is 0 Å². The van der Waals surface area contributed by atoms with E-state index in [-0.39, 0.29) is 12.3 Å². The lowest BCUT2D eigenvalue weighted by molar-refractivity contribution is -0.137. The van der Waals surface area contributed by atoms with Crippen molar-refractivity contribution >= 4 is 11.9 Å². The van der Waals surface area contributed by atoms with Gasteiger partial charge in [0.2, 0.25) is 5.91 Å². The van der Waals surface area contributed by atoms with Gasteiger partial charge in [0.25, 0.3) is 0 Å². The minimum Gasteiger partial charge on any atom is -0.481 e. The van der Waals surface area contributed by atoms with E-state index >= 15 is 0 Å². The Morgan fingerprint density at radius 3 is 2.30 bits per heavy atom. The van der Waals surface area contributed by atoms with Crippen LogP contribution in [0.3, 0.4) is 0 Å². The summed E-state index contributed by atoms with van der Waals surface area (Å²) < 4.78 is 0. The van der Waals surface area contributed by atoms with Crippen molar-refractivity contribution in [3.05, 3.63) is 35.9 Å². The summed E-state index contributed by atoms with van der Waals surface area (Å²) in [6.45, 7) is 4.03. The molecule has 1 N–H and O–H groups in total. The number of piperazine rings is 1. The van der Waals surface area contributed by atoms with Crippen LogP contribution in [0.5, 0.6) is 0 Å². The molecule has 0 aromatic heterocycles. The molecule has 1 aromatic carbocycles. The lowest BCUT2D eigenvalue weighted by Crippen LogP contribution is -2.48. The van der Waals surface area contributed by atoms with Crippen molar-refractivity contribution in [1.29, 1.82) is 0 Å². The first-order valence-corrected chi connectivity index (χ1v) is 8.41. The van der Waals surface area contributed by atoms with Crippen molar-refractivity contribution in [1.82, 2.24) is 9.80 Å². The summed E-state index contributed by atoms with van der Waals surface area (Å²) in [5.41, 5.74) is 1.28. The largest absolute Gasteiger partial charge is 0.481 e. The molecule has 0 radical (unpaired) electrons. The molecule has 5 heteroatoms. The Morgan fingerprint density at radius 1 is 0.957 bits per heavy atom. The number of rotatable bonds is 8. The van der Waals surface area contributed by atoms with Crippen molar-refractivity contribution in [3.8, 4) is 0 Å². The first-order valence-electron chi connectivity index (χ1n) is 8.41. The Hall–Kier alpha value is -1.88. The Kier molecular flexibility index (Phi) is 7.07. The molecule has 0 saturated carbocycles. The molecule has 2 rings (SSSR count). The van der Waals surface area contributed by atoms with E-state index in [1.807, 2.05) is 23.1 Å². The molecule has 1 fully saturated rings. The molecular weight excluding hydrogens is 292 g/mol. The van der Waals surface area contributed by atoms with Crippen molar-refractivity contribution < 1.29 is 14.7 Å². The van der Waals surface area contributed by atoms with Crippen LogP contribution >= 0.6 is 0 Å². The Balaban J connectivity index is 1.60. The molecule has 1 aliphatic rings. The van der Waals surface area contributed by atoms with Crippen LogP contribution in [0.2, 0.25) is 0 Å². The van der Waals surface area contributed by atoms with Gasteiger partial charge in [-0.2, -0.15) is 0 Å². The van der Waals surface area contributed by atoms with Crippen LogP contribution in [-0.4, -0.2) is 59.5 Å². The topological polar surface area (TPSA) is 60.9 Å². The number of carboxylic acids is 1. The lowest BCUT2D eigenvalue weighted by Gasteiger charge is -2.34. The van der Waals surface area contributed by atoms with Crippen molar-refractivity contribution in [2.24, 2.45) is 0 Å². The van der Waals surface area contributed by atoms with Gasteiger partial charge in [0, 0.05) is 39.0 Å². The second kappa shape index (κ2) is 9.30. The number of amides is 1. The van der Waals surface area contributed by atoms with Gasteiger partial charge in [0.15, 0.2) is 0 Å². The van der Waals surface area contributed by atoms with E-state index < -0.39 is 5.97 Å². The normalized spacial score (nSPS) is 15.6. The predicted octanol–water partition coefficient (Wildman–Crippen LogP) is 2.02. The van der Waals surface area contributed by atoms with Crippen molar-refractivity contribution in [3.63, 3.8) is 0 Å². The van der Waals surface area contributed by atoms with E-state index in [1.54, 1.807) is 0 Å². The molecule has 1 aliphatic heterocycles. The molecular formula is C18H26N2O3. The smallest absolute Gasteiger partial charge is 0.303 e. The third kappa shape index (κ3) is 6.40. The molecule has 1 heterocycles. The highest BCUT2D eigenvalue weighted by Gasteiger charge is 2.20. The van der Waals surface area contributed by atoms with Gasteiger partial charge in [-0.05, 0) is 31.4 Å². The monoisotopic (exact) mass is 318 g/mol.